The number of nitrogens with two attached hydrogens (primary N) is 1. The first-order valence-corrected chi connectivity index (χ1v) is 7.03. The van der Waals surface area contributed by atoms with Gasteiger partial charge in [0.05, 0.1) is 0 Å². The molecule has 3 heterocycles. The SMILES string of the molecule is Nc1ccc(-c2cc(/C=C3\CN4CCC3C4)on2)cc1. The van der Waals surface area contributed by atoms with Gasteiger partial charge in [-0.2, -0.15) is 0 Å². The molecule has 2 aromatic rings. The summed E-state index contributed by atoms with van der Waals surface area (Å²) in [5.74, 6) is 1.57. The highest BCUT2D eigenvalue weighted by Crippen LogP contribution is 2.33. The molecule has 2 atom stereocenters. The van der Waals surface area contributed by atoms with Crippen LogP contribution in [0.4, 0.5) is 5.69 Å². The lowest BCUT2D eigenvalue weighted by atomic mass is 9.98. The molecule has 1 aromatic heterocycles. The summed E-state index contributed by atoms with van der Waals surface area (Å²) in [7, 11) is 0. The van der Waals surface area contributed by atoms with Crippen LogP contribution in [0.15, 0.2) is 40.4 Å². The number of benzene rings is 1. The van der Waals surface area contributed by atoms with E-state index in [-0.39, 0.29) is 0 Å². The standard InChI is InChI=1S/C16H17N3O/c17-14-3-1-11(2-4-14)16-8-15(20-18-16)7-13-10-19-6-5-12(13)9-19/h1-4,7-8,12H,5-6,9-10,17H2/b13-7+. The van der Waals surface area contributed by atoms with Crippen molar-refractivity contribution in [2.24, 2.45) is 5.92 Å². The highest BCUT2D eigenvalue weighted by atomic mass is 16.5. The molecule has 4 nitrogen and oxygen atoms in total. The van der Waals surface area contributed by atoms with Gasteiger partial charge >= 0.3 is 0 Å². The number of hydrogen-bond donors (Lipinski definition) is 1. The monoisotopic (exact) mass is 267 g/mol. The molecule has 0 radical (unpaired) electrons. The van der Waals surface area contributed by atoms with Crippen LogP contribution in [-0.2, 0) is 0 Å². The Balaban J connectivity index is 1.59. The lowest BCUT2D eigenvalue weighted by Gasteiger charge is -2.13. The Morgan fingerprint density at radius 1 is 1.30 bits per heavy atom. The van der Waals surface area contributed by atoms with Crippen LogP contribution in [0.25, 0.3) is 17.3 Å². The molecule has 0 aliphatic carbocycles. The maximum absolute atomic E-state index is 5.70. The van der Waals surface area contributed by atoms with Gasteiger partial charge in [-0.1, -0.05) is 17.3 Å². The number of hydrogen-bond acceptors (Lipinski definition) is 4. The molecule has 20 heavy (non-hydrogen) atoms. The van der Waals surface area contributed by atoms with Crippen LogP contribution < -0.4 is 5.73 Å². The number of nitrogens with zero attached hydrogens (tertiary/aromatic N) is 2. The third-order valence-corrected chi connectivity index (χ3v) is 4.27. The molecule has 0 saturated carbocycles. The molecule has 2 unspecified atom stereocenters. The van der Waals surface area contributed by atoms with E-state index in [9.17, 15) is 0 Å². The van der Waals surface area contributed by atoms with Crippen LogP contribution in [0.1, 0.15) is 12.2 Å². The smallest absolute Gasteiger partial charge is 0.160 e. The van der Waals surface area contributed by atoms with Gasteiger partial charge in [-0.15, -0.1) is 0 Å². The second kappa shape index (κ2) is 4.49. The summed E-state index contributed by atoms with van der Waals surface area (Å²) in [6, 6.07) is 9.69. The number of piperidine rings is 1. The van der Waals surface area contributed by atoms with Crippen molar-refractivity contribution in [1.29, 1.82) is 0 Å². The van der Waals surface area contributed by atoms with Crippen molar-refractivity contribution in [2.45, 2.75) is 6.42 Å². The van der Waals surface area contributed by atoms with Gasteiger partial charge in [0, 0.05) is 30.4 Å². The highest BCUT2D eigenvalue weighted by molar-refractivity contribution is 5.64. The first-order valence-electron chi connectivity index (χ1n) is 7.03. The Kier molecular flexibility index (Phi) is 2.63. The normalized spacial score (nSPS) is 26.5. The Morgan fingerprint density at radius 3 is 2.85 bits per heavy atom. The maximum atomic E-state index is 5.70. The summed E-state index contributed by atoms with van der Waals surface area (Å²) in [6.07, 6.45) is 3.45. The Bertz CT molecular complexity index is 657. The predicted molar refractivity (Wildman–Crippen MR) is 78.9 cm³/mol. The van der Waals surface area contributed by atoms with E-state index in [2.05, 4.69) is 16.1 Å². The Morgan fingerprint density at radius 2 is 2.15 bits per heavy atom. The largest absolute Gasteiger partial charge is 0.399 e. The average Bonchev–Trinajstić information content (AvgIpc) is 3.16. The summed E-state index contributed by atoms with van der Waals surface area (Å²) in [5.41, 5.74) is 9.83. The van der Waals surface area contributed by atoms with Gasteiger partial charge in [-0.25, -0.2) is 0 Å². The summed E-state index contributed by atoms with van der Waals surface area (Å²) >= 11 is 0. The maximum Gasteiger partial charge on any atom is 0.160 e. The van der Waals surface area contributed by atoms with E-state index in [0.717, 1.165) is 35.2 Å². The molecular weight excluding hydrogens is 250 g/mol. The fraction of sp³-hybridized carbons (Fsp3) is 0.312. The third-order valence-electron chi connectivity index (χ3n) is 4.27. The van der Waals surface area contributed by atoms with Gasteiger partial charge in [-0.05, 0) is 42.7 Å². The zero-order chi connectivity index (χ0) is 13.5. The molecule has 1 aromatic carbocycles. The summed E-state index contributed by atoms with van der Waals surface area (Å²) < 4.78 is 5.44. The van der Waals surface area contributed by atoms with Gasteiger partial charge in [0.2, 0.25) is 0 Å². The zero-order valence-electron chi connectivity index (χ0n) is 11.2. The van der Waals surface area contributed by atoms with Gasteiger partial charge in [0.1, 0.15) is 5.69 Å². The molecule has 2 aliphatic heterocycles. The van der Waals surface area contributed by atoms with Crippen molar-refractivity contribution in [3.8, 4) is 11.3 Å². The number of aromatic nitrogens is 1. The topological polar surface area (TPSA) is 55.3 Å². The molecule has 4 rings (SSSR count). The number of anilines is 1. The second-order valence-electron chi connectivity index (χ2n) is 5.68. The van der Waals surface area contributed by atoms with Gasteiger partial charge in [0.15, 0.2) is 5.76 Å². The van der Waals surface area contributed by atoms with Crippen molar-refractivity contribution in [1.82, 2.24) is 10.1 Å². The Hall–Kier alpha value is -2.07. The molecule has 2 saturated heterocycles. The predicted octanol–water partition coefficient (Wildman–Crippen LogP) is 2.64. The minimum absolute atomic E-state index is 0.722. The molecule has 0 amide bonds. The van der Waals surface area contributed by atoms with E-state index in [1.165, 1.54) is 25.1 Å². The van der Waals surface area contributed by atoms with E-state index in [1.54, 1.807) is 0 Å². The third kappa shape index (κ3) is 2.02. The van der Waals surface area contributed by atoms with E-state index in [0.29, 0.717) is 0 Å². The van der Waals surface area contributed by atoms with Crippen LogP contribution in [0, 0.1) is 5.92 Å². The molecule has 2 aliphatic rings. The van der Waals surface area contributed by atoms with E-state index in [1.807, 2.05) is 30.3 Å². The van der Waals surface area contributed by atoms with Gasteiger partial charge in [0.25, 0.3) is 0 Å². The lowest BCUT2D eigenvalue weighted by Crippen LogP contribution is -2.17. The molecule has 0 spiro atoms. The van der Waals surface area contributed by atoms with Crippen LogP contribution in [0.2, 0.25) is 0 Å². The molecule has 4 heteroatoms. The summed E-state index contributed by atoms with van der Waals surface area (Å²) in [4.78, 5) is 2.49. The van der Waals surface area contributed by atoms with Crippen molar-refractivity contribution < 1.29 is 4.52 Å². The second-order valence-corrected chi connectivity index (χ2v) is 5.68. The molecular formula is C16H17N3O. The minimum atomic E-state index is 0.722. The molecule has 102 valence electrons. The van der Waals surface area contributed by atoms with Gasteiger partial charge in [-0.3, -0.25) is 4.90 Å². The first kappa shape index (κ1) is 11.7. The Labute approximate surface area is 117 Å². The molecule has 2 fully saturated rings. The highest BCUT2D eigenvalue weighted by Gasteiger charge is 2.33. The van der Waals surface area contributed by atoms with Crippen molar-refractivity contribution >= 4 is 11.8 Å². The fourth-order valence-corrected chi connectivity index (χ4v) is 3.16. The molecule has 2 bridgehead atoms. The van der Waals surface area contributed by atoms with Crippen molar-refractivity contribution in [3.63, 3.8) is 0 Å². The number of rotatable bonds is 2. The summed E-state index contributed by atoms with van der Waals surface area (Å²) in [5, 5.41) is 4.15. The van der Waals surface area contributed by atoms with Crippen LogP contribution in [-0.4, -0.2) is 29.7 Å². The summed E-state index contributed by atoms with van der Waals surface area (Å²) in [6.45, 7) is 3.54. The van der Waals surface area contributed by atoms with E-state index >= 15 is 0 Å². The number of fused-ring (bicyclic) bond motifs is 2. The minimum Gasteiger partial charge on any atom is -0.399 e. The van der Waals surface area contributed by atoms with Crippen molar-refractivity contribution in [2.75, 3.05) is 25.4 Å². The molecule has 2 N–H and O–H groups in total. The van der Waals surface area contributed by atoms with Crippen molar-refractivity contribution in [3.05, 3.63) is 41.7 Å². The number of nitrogen functional groups attached to an aromatic ring is 1. The van der Waals surface area contributed by atoms with Crippen LogP contribution in [0.3, 0.4) is 0 Å². The van der Waals surface area contributed by atoms with Crippen LogP contribution in [0.5, 0.6) is 0 Å². The van der Waals surface area contributed by atoms with E-state index < -0.39 is 0 Å². The van der Waals surface area contributed by atoms with Crippen LogP contribution >= 0.6 is 0 Å². The quantitative estimate of drug-likeness (QED) is 0.850. The lowest BCUT2D eigenvalue weighted by molar-refractivity contribution is 0.391. The zero-order valence-corrected chi connectivity index (χ0v) is 11.2. The fourth-order valence-electron chi connectivity index (χ4n) is 3.16. The van der Waals surface area contributed by atoms with Gasteiger partial charge < -0.3 is 10.3 Å². The van der Waals surface area contributed by atoms with E-state index in [4.69, 9.17) is 10.3 Å². The first-order chi connectivity index (χ1) is 9.78. The average molecular weight is 267 g/mol.